The highest BCUT2D eigenvalue weighted by Crippen LogP contribution is 2.47. The zero-order chi connectivity index (χ0) is 22.4. The van der Waals surface area contributed by atoms with Crippen molar-refractivity contribution in [2.45, 2.75) is 30.7 Å². The number of aromatic hydroxyl groups is 6. The number of hydrogen-bond donors (Lipinski definition) is 8. The van der Waals surface area contributed by atoms with E-state index in [1.54, 1.807) is 0 Å². The van der Waals surface area contributed by atoms with E-state index in [1.165, 1.54) is 12.1 Å². The molecule has 2 aromatic rings. The van der Waals surface area contributed by atoms with Crippen molar-refractivity contribution in [1.82, 2.24) is 0 Å². The molecular weight excluding hydrogens is 416 g/mol. The Morgan fingerprint density at radius 3 is 2.19 bits per heavy atom. The van der Waals surface area contributed by atoms with Crippen molar-refractivity contribution in [3.8, 4) is 34.5 Å². The average molecular weight is 437 g/mol. The third-order valence-electron chi connectivity index (χ3n) is 5.10. The molecule has 31 heavy (non-hydrogen) atoms. The molecule has 2 aromatic carbocycles. The van der Waals surface area contributed by atoms with Gasteiger partial charge < -0.3 is 55.1 Å². The summed E-state index contributed by atoms with van der Waals surface area (Å²) in [5, 5.41) is 78.8. The Labute approximate surface area is 174 Å². The Hall–Kier alpha value is -3.38. The maximum atomic E-state index is 10.2. The second-order valence-corrected chi connectivity index (χ2v) is 7.21. The van der Waals surface area contributed by atoms with Crippen molar-refractivity contribution in [3.63, 3.8) is 0 Å². The first-order valence-corrected chi connectivity index (χ1v) is 9.22. The fraction of sp³-hybridized carbons (Fsp3) is 0.300. The summed E-state index contributed by atoms with van der Waals surface area (Å²) in [6.07, 6.45) is -5.09. The van der Waals surface area contributed by atoms with Crippen molar-refractivity contribution in [2.75, 3.05) is 6.61 Å². The van der Waals surface area contributed by atoms with Crippen LogP contribution in [0.4, 0.5) is 0 Å². The van der Waals surface area contributed by atoms with Crippen LogP contribution in [-0.4, -0.2) is 76.8 Å². The lowest BCUT2D eigenvalue weighted by Crippen LogP contribution is -2.35. The first-order chi connectivity index (χ1) is 14.7. The van der Waals surface area contributed by atoms with E-state index in [2.05, 4.69) is 4.74 Å². The Balaban J connectivity index is 1.76. The normalized spacial score (nSPS) is 27.3. The van der Waals surface area contributed by atoms with E-state index in [4.69, 9.17) is 9.47 Å². The molecule has 2 aliphatic heterocycles. The predicted octanol–water partition coefficient (Wildman–Crippen LogP) is 0.00730. The van der Waals surface area contributed by atoms with Crippen molar-refractivity contribution in [1.29, 1.82) is 0 Å². The van der Waals surface area contributed by atoms with Crippen LogP contribution >= 0.6 is 0 Å². The lowest BCUT2D eigenvalue weighted by molar-refractivity contribution is -0.165. The van der Waals surface area contributed by atoms with Gasteiger partial charge in [-0.2, -0.15) is 0 Å². The maximum absolute atomic E-state index is 10.2. The molecule has 0 amide bonds. The highest BCUT2D eigenvalue weighted by molar-refractivity contribution is 5.69. The van der Waals surface area contributed by atoms with Crippen LogP contribution in [0.25, 0.3) is 6.08 Å². The van der Waals surface area contributed by atoms with Crippen LogP contribution in [0.2, 0.25) is 0 Å². The molecule has 0 radical (unpaired) electrons. The summed E-state index contributed by atoms with van der Waals surface area (Å²) in [5.41, 5.74) is 0.349. The molecule has 4 rings (SSSR count). The van der Waals surface area contributed by atoms with E-state index in [0.29, 0.717) is 0 Å². The van der Waals surface area contributed by atoms with Gasteiger partial charge in [-0.25, -0.2) is 0 Å². The fourth-order valence-electron chi connectivity index (χ4n) is 3.50. The van der Waals surface area contributed by atoms with Gasteiger partial charge in [0.1, 0.15) is 35.4 Å². The zero-order valence-electron chi connectivity index (χ0n) is 15.8. The molecule has 1 saturated heterocycles. The van der Waals surface area contributed by atoms with Crippen LogP contribution in [0.5, 0.6) is 34.5 Å². The molecule has 0 spiro atoms. The number of hydrogen-bond acceptors (Lipinski definition) is 10. The molecule has 0 bridgehead atoms. The smallest absolute Gasteiger partial charge is 0.270 e. The van der Waals surface area contributed by atoms with E-state index < -0.39 is 54.6 Å². The SMILES string of the molecule is OCC1OC(OC2=Cc3c(O)cc(O)cc3[OH+]C2c2cc(O)c(O)c(O)c2)C(O)C1O. The number of aliphatic hydroxyl groups excluding tert-OH is 3. The minimum Gasteiger partial charge on any atom is -0.571 e. The molecule has 0 aliphatic carbocycles. The number of ether oxygens (including phenoxy) is 3. The third-order valence-corrected chi connectivity index (χ3v) is 5.10. The minimum atomic E-state index is -1.50. The molecule has 5 atom stereocenters. The molecule has 11 heteroatoms. The number of phenolic OH excluding ortho intramolecular Hbond substituents is 5. The fourth-order valence-corrected chi connectivity index (χ4v) is 3.50. The molecule has 11 nitrogen and oxygen atoms in total. The molecule has 2 aliphatic rings. The van der Waals surface area contributed by atoms with E-state index >= 15 is 0 Å². The second kappa shape index (κ2) is 7.71. The lowest BCUT2D eigenvalue weighted by atomic mass is 10.0. The molecule has 0 saturated carbocycles. The number of phenols is 5. The number of aliphatic hydroxyl groups is 4. The van der Waals surface area contributed by atoms with Crippen LogP contribution in [0.3, 0.4) is 0 Å². The van der Waals surface area contributed by atoms with Gasteiger partial charge in [-0.05, 0) is 12.1 Å². The standard InChI is InChI=1S/C20H20O11/c21-6-15-17(27)18(28)20(31-15)30-14-5-9-10(23)3-8(22)4-13(9)29-19(14)7-1-11(24)16(26)12(25)2-7/h1-5,15,17-28H,6H2/p+1. The molecule has 2 heterocycles. The first-order valence-electron chi connectivity index (χ1n) is 9.22. The average Bonchev–Trinajstić information content (AvgIpc) is 2.99. The van der Waals surface area contributed by atoms with E-state index in [9.17, 15) is 40.9 Å². The van der Waals surface area contributed by atoms with E-state index in [0.717, 1.165) is 18.2 Å². The zero-order valence-corrected chi connectivity index (χ0v) is 15.8. The van der Waals surface area contributed by atoms with Gasteiger partial charge in [-0.3, -0.25) is 0 Å². The lowest BCUT2D eigenvalue weighted by Gasteiger charge is -2.28. The molecule has 5 unspecified atom stereocenters. The topological polar surface area (TPSA) is 193 Å². The van der Waals surface area contributed by atoms with Gasteiger partial charge in [0.2, 0.25) is 6.29 Å². The highest BCUT2D eigenvalue weighted by Gasteiger charge is 2.46. The summed E-state index contributed by atoms with van der Waals surface area (Å²) in [7, 11) is 0. The van der Waals surface area contributed by atoms with Gasteiger partial charge in [0.25, 0.3) is 11.9 Å². The summed E-state index contributed by atoms with van der Waals surface area (Å²) < 4.78 is 15.4. The first kappa shape index (κ1) is 20.9. The van der Waals surface area contributed by atoms with Crippen LogP contribution in [-0.2, 0) is 9.47 Å². The van der Waals surface area contributed by atoms with Crippen molar-refractivity contribution in [2.24, 2.45) is 0 Å². The quantitative estimate of drug-likeness (QED) is 0.238. The Morgan fingerprint density at radius 2 is 1.58 bits per heavy atom. The van der Waals surface area contributed by atoms with Gasteiger partial charge in [0.15, 0.2) is 23.0 Å². The third kappa shape index (κ3) is 3.64. The molecule has 1 fully saturated rings. The largest absolute Gasteiger partial charge is 0.571 e. The van der Waals surface area contributed by atoms with E-state index in [-0.39, 0.29) is 34.1 Å². The molecule has 0 aromatic heterocycles. The van der Waals surface area contributed by atoms with Crippen LogP contribution < -0.4 is 0 Å². The van der Waals surface area contributed by atoms with Gasteiger partial charge in [-0.15, -0.1) is 0 Å². The van der Waals surface area contributed by atoms with Crippen molar-refractivity contribution in [3.05, 3.63) is 41.2 Å². The van der Waals surface area contributed by atoms with Crippen molar-refractivity contribution < 1.29 is 55.1 Å². The van der Waals surface area contributed by atoms with Crippen LogP contribution in [0.15, 0.2) is 30.0 Å². The summed E-state index contributed by atoms with van der Waals surface area (Å²) in [5.74, 6) is -2.38. The van der Waals surface area contributed by atoms with Gasteiger partial charge in [0.05, 0.1) is 18.2 Å². The summed E-state index contributed by atoms with van der Waals surface area (Å²) in [6.45, 7) is -0.562. The van der Waals surface area contributed by atoms with Crippen LogP contribution in [0, 0.1) is 0 Å². The Morgan fingerprint density at radius 1 is 0.903 bits per heavy atom. The maximum Gasteiger partial charge on any atom is 0.270 e. The number of rotatable bonds is 4. The summed E-state index contributed by atoms with van der Waals surface area (Å²) in [6, 6.07) is 4.63. The second-order valence-electron chi connectivity index (χ2n) is 7.21. The monoisotopic (exact) mass is 437 g/mol. The minimum absolute atomic E-state index is 0.00665. The summed E-state index contributed by atoms with van der Waals surface area (Å²) >= 11 is 0. The predicted molar refractivity (Wildman–Crippen MR) is 102 cm³/mol. The molecule has 9 N–H and O–H groups in total. The molecular formula is C20H21O11+. The van der Waals surface area contributed by atoms with Gasteiger partial charge in [0, 0.05) is 12.1 Å². The van der Waals surface area contributed by atoms with Crippen molar-refractivity contribution >= 4 is 6.08 Å². The Bertz CT molecular complexity index is 1010. The van der Waals surface area contributed by atoms with E-state index in [1.807, 2.05) is 0 Å². The van der Waals surface area contributed by atoms with Gasteiger partial charge in [-0.1, -0.05) is 0 Å². The highest BCUT2D eigenvalue weighted by atomic mass is 16.7. The Kier molecular flexibility index (Phi) is 5.19. The molecule has 166 valence electrons. The van der Waals surface area contributed by atoms with Gasteiger partial charge >= 0.3 is 0 Å². The number of benzene rings is 2. The number of fused-ring (bicyclic) bond motifs is 1. The summed E-state index contributed by atoms with van der Waals surface area (Å²) in [4.78, 5) is 0. The van der Waals surface area contributed by atoms with Crippen LogP contribution in [0.1, 0.15) is 17.2 Å².